The van der Waals surface area contributed by atoms with Crippen molar-refractivity contribution in [1.82, 2.24) is 0 Å². The van der Waals surface area contributed by atoms with Crippen molar-refractivity contribution in [2.45, 2.75) is 45.4 Å². The molecule has 0 bridgehead atoms. The minimum absolute atomic E-state index is 0.0873. The van der Waals surface area contributed by atoms with Crippen LogP contribution in [0.25, 0.3) is 6.08 Å². The summed E-state index contributed by atoms with van der Waals surface area (Å²) in [5.74, 6) is 0.777. The molecule has 1 saturated heterocycles. The lowest BCUT2D eigenvalue weighted by Gasteiger charge is -2.14. The minimum Gasteiger partial charge on any atom is -0.494 e. The molecule has 1 amide bonds. The van der Waals surface area contributed by atoms with Crippen molar-refractivity contribution in [2.24, 2.45) is 0 Å². The van der Waals surface area contributed by atoms with E-state index in [-0.39, 0.29) is 5.91 Å². The first-order valence-electron chi connectivity index (χ1n) is 10.3. The number of thioether (sulfide) groups is 1. The van der Waals surface area contributed by atoms with E-state index in [0.29, 0.717) is 9.23 Å². The van der Waals surface area contributed by atoms with Crippen LogP contribution in [0.5, 0.6) is 5.75 Å². The van der Waals surface area contributed by atoms with Gasteiger partial charge in [-0.05, 0) is 54.5 Å². The van der Waals surface area contributed by atoms with Gasteiger partial charge in [0.1, 0.15) is 5.75 Å². The SMILES string of the molecule is CCCCCCCCOc1ccc(/C=C2\SC(=S)N(c3ccc(Br)cc3)C2=O)cc1. The second kappa shape index (κ2) is 11.7. The molecule has 0 spiro atoms. The highest BCUT2D eigenvalue weighted by Crippen LogP contribution is 2.36. The van der Waals surface area contributed by atoms with Crippen LogP contribution in [0.15, 0.2) is 57.9 Å². The van der Waals surface area contributed by atoms with Crippen LogP contribution in [-0.2, 0) is 4.79 Å². The lowest BCUT2D eigenvalue weighted by molar-refractivity contribution is -0.113. The third-order valence-corrected chi connectivity index (χ3v) is 6.65. The zero-order chi connectivity index (χ0) is 21.3. The zero-order valence-electron chi connectivity index (χ0n) is 17.1. The lowest BCUT2D eigenvalue weighted by Crippen LogP contribution is -2.27. The van der Waals surface area contributed by atoms with Crippen LogP contribution >= 0.6 is 39.9 Å². The second-order valence-corrected chi connectivity index (χ2v) is 9.77. The van der Waals surface area contributed by atoms with Gasteiger partial charge in [-0.1, -0.05) is 91.1 Å². The molecule has 30 heavy (non-hydrogen) atoms. The summed E-state index contributed by atoms with van der Waals surface area (Å²) in [6.45, 7) is 2.98. The van der Waals surface area contributed by atoms with E-state index in [1.165, 1.54) is 43.9 Å². The van der Waals surface area contributed by atoms with Gasteiger partial charge in [-0.3, -0.25) is 9.69 Å². The van der Waals surface area contributed by atoms with Crippen LogP contribution in [-0.4, -0.2) is 16.8 Å². The number of hydrogen-bond acceptors (Lipinski definition) is 4. The quantitative estimate of drug-likeness (QED) is 0.189. The molecule has 0 N–H and O–H groups in total. The maximum Gasteiger partial charge on any atom is 0.270 e. The fraction of sp³-hybridized carbons (Fsp3) is 0.333. The van der Waals surface area contributed by atoms with Gasteiger partial charge in [-0.15, -0.1) is 0 Å². The number of carbonyl (C=O) groups is 1. The van der Waals surface area contributed by atoms with E-state index in [1.807, 2.05) is 54.6 Å². The maximum atomic E-state index is 12.9. The number of benzene rings is 2. The topological polar surface area (TPSA) is 29.5 Å². The highest BCUT2D eigenvalue weighted by atomic mass is 79.9. The monoisotopic (exact) mass is 503 g/mol. The molecule has 0 aromatic heterocycles. The first-order valence-corrected chi connectivity index (χ1v) is 12.4. The number of carbonyl (C=O) groups excluding carboxylic acids is 1. The number of amides is 1. The summed E-state index contributed by atoms with van der Waals surface area (Å²) in [6.07, 6.45) is 9.40. The van der Waals surface area contributed by atoms with Crippen molar-refractivity contribution in [3.8, 4) is 5.75 Å². The molecule has 158 valence electrons. The Morgan fingerprint density at radius 1 is 1.00 bits per heavy atom. The number of anilines is 1. The molecule has 0 atom stereocenters. The molecule has 6 heteroatoms. The van der Waals surface area contributed by atoms with E-state index < -0.39 is 0 Å². The van der Waals surface area contributed by atoms with Crippen LogP contribution in [0.1, 0.15) is 51.0 Å². The van der Waals surface area contributed by atoms with Gasteiger partial charge in [0.25, 0.3) is 5.91 Å². The number of rotatable bonds is 10. The van der Waals surface area contributed by atoms with Crippen LogP contribution in [0.3, 0.4) is 0 Å². The fourth-order valence-corrected chi connectivity index (χ4v) is 4.73. The number of thiocarbonyl (C=S) groups is 1. The third kappa shape index (κ3) is 6.43. The highest BCUT2D eigenvalue weighted by Gasteiger charge is 2.33. The molecule has 0 radical (unpaired) electrons. The molecule has 1 aliphatic heterocycles. The summed E-state index contributed by atoms with van der Waals surface area (Å²) in [6, 6.07) is 15.4. The van der Waals surface area contributed by atoms with Crippen LogP contribution in [0.2, 0.25) is 0 Å². The molecule has 2 aromatic carbocycles. The number of ether oxygens (including phenoxy) is 1. The zero-order valence-corrected chi connectivity index (χ0v) is 20.3. The number of unbranched alkanes of at least 4 members (excludes halogenated alkanes) is 5. The van der Waals surface area contributed by atoms with Gasteiger partial charge in [-0.2, -0.15) is 0 Å². The van der Waals surface area contributed by atoms with E-state index in [0.717, 1.165) is 34.5 Å². The predicted molar refractivity (Wildman–Crippen MR) is 135 cm³/mol. The lowest BCUT2D eigenvalue weighted by atomic mass is 10.1. The number of hydrogen-bond donors (Lipinski definition) is 0. The van der Waals surface area contributed by atoms with Gasteiger partial charge in [0.2, 0.25) is 0 Å². The molecule has 3 nitrogen and oxygen atoms in total. The first kappa shape index (κ1) is 23.0. The Kier molecular flexibility index (Phi) is 8.97. The molecule has 1 aliphatic rings. The van der Waals surface area contributed by atoms with Gasteiger partial charge in [0.15, 0.2) is 4.32 Å². The largest absolute Gasteiger partial charge is 0.494 e. The summed E-state index contributed by atoms with van der Waals surface area (Å²) in [7, 11) is 0. The first-order chi connectivity index (χ1) is 14.6. The molecule has 0 saturated carbocycles. The van der Waals surface area contributed by atoms with Crippen molar-refractivity contribution >= 4 is 61.9 Å². The second-order valence-electron chi connectivity index (χ2n) is 7.18. The van der Waals surface area contributed by atoms with Crippen molar-refractivity contribution in [3.05, 3.63) is 63.5 Å². The molecule has 1 heterocycles. The summed E-state index contributed by atoms with van der Waals surface area (Å²) >= 11 is 10.2. The number of nitrogens with zero attached hydrogens (tertiary/aromatic N) is 1. The van der Waals surface area contributed by atoms with E-state index in [9.17, 15) is 4.79 Å². The highest BCUT2D eigenvalue weighted by molar-refractivity contribution is 9.10. The Morgan fingerprint density at radius 3 is 2.37 bits per heavy atom. The predicted octanol–water partition coefficient (Wildman–Crippen LogP) is 7.59. The number of halogens is 1. The molecule has 1 fully saturated rings. The van der Waals surface area contributed by atoms with E-state index in [4.69, 9.17) is 17.0 Å². The Labute approximate surface area is 197 Å². The van der Waals surface area contributed by atoms with Crippen molar-refractivity contribution in [2.75, 3.05) is 11.5 Å². The van der Waals surface area contributed by atoms with Crippen LogP contribution in [0.4, 0.5) is 5.69 Å². The van der Waals surface area contributed by atoms with E-state index in [2.05, 4.69) is 22.9 Å². The molecule has 2 aromatic rings. The summed E-state index contributed by atoms with van der Waals surface area (Å²) in [5, 5.41) is 0. The summed E-state index contributed by atoms with van der Waals surface area (Å²) in [4.78, 5) is 15.1. The van der Waals surface area contributed by atoms with Crippen molar-refractivity contribution in [3.63, 3.8) is 0 Å². The Hall–Kier alpha value is -1.63. The smallest absolute Gasteiger partial charge is 0.270 e. The van der Waals surface area contributed by atoms with Crippen molar-refractivity contribution < 1.29 is 9.53 Å². The molecule has 0 unspecified atom stereocenters. The van der Waals surface area contributed by atoms with E-state index in [1.54, 1.807) is 4.90 Å². The minimum atomic E-state index is -0.0873. The van der Waals surface area contributed by atoms with Crippen molar-refractivity contribution in [1.29, 1.82) is 0 Å². The Morgan fingerprint density at radius 2 is 1.67 bits per heavy atom. The third-order valence-electron chi connectivity index (χ3n) is 4.82. The normalized spacial score (nSPS) is 15.3. The standard InChI is InChI=1S/C24H26BrNO2S2/c1-2-3-4-5-6-7-16-28-21-14-8-18(9-15-21)17-22-23(27)26(24(29)30-22)20-12-10-19(25)11-13-20/h8-15,17H,2-7,16H2,1H3/b22-17-. The van der Waals surface area contributed by atoms with E-state index >= 15 is 0 Å². The van der Waals surface area contributed by atoms with Gasteiger partial charge < -0.3 is 4.74 Å². The molecular weight excluding hydrogens is 478 g/mol. The maximum absolute atomic E-state index is 12.9. The summed E-state index contributed by atoms with van der Waals surface area (Å²) < 4.78 is 7.35. The van der Waals surface area contributed by atoms with Gasteiger partial charge in [0, 0.05) is 4.47 Å². The Bertz CT molecular complexity index is 894. The van der Waals surface area contributed by atoms with Crippen LogP contribution < -0.4 is 9.64 Å². The molecule has 3 rings (SSSR count). The Balaban J connectivity index is 1.54. The van der Waals surface area contributed by atoms with Gasteiger partial charge in [0.05, 0.1) is 17.2 Å². The fourth-order valence-electron chi connectivity index (χ4n) is 3.16. The molecular formula is C24H26BrNO2S2. The van der Waals surface area contributed by atoms with Crippen LogP contribution in [0, 0.1) is 0 Å². The average Bonchev–Trinajstić information content (AvgIpc) is 3.02. The summed E-state index contributed by atoms with van der Waals surface area (Å²) in [5.41, 5.74) is 1.74. The van der Waals surface area contributed by atoms with Gasteiger partial charge >= 0.3 is 0 Å². The van der Waals surface area contributed by atoms with Gasteiger partial charge in [-0.25, -0.2) is 0 Å². The average molecular weight is 505 g/mol. The molecule has 0 aliphatic carbocycles.